The van der Waals surface area contributed by atoms with E-state index in [0.717, 1.165) is 44.8 Å². The highest BCUT2D eigenvalue weighted by atomic mass is 32.1. The first-order chi connectivity index (χ1) is 11.1. The molecule has 0 radical (unpaired) electrons. The lowest BCUT2D eigenvalue weighted by Crippen LogP contribution is -2.41. The number of likely N-dealkylation sites (N-methyl/N-ethyl adjacent to an activating group) is 2. The molecule has 2 aliphatic rings. The number of hydrogen-bond donors (Lipinski definition) is 1. The quantitative estimate of drug-likeness (QED) is 0.917. The lowest BCUT2D eigenvalue weighted by molar-refractivity contribution is 0.0846. The molecule has 1 N–H and O–H groups in total. The van der Waals surface area contributed by atoms with Gasteiger partial charge in [-0.2, -0.15) is 0 Å². The van der Waals surface area contributed by atoms with Crippen molar-refractivity contribution in [2.75, 3.05) is 45.7 Å². The summed E-state index contributed by atoms with van der Waals surface area (Å²) in [7, 11) is 3.99. The highest BCUT2D eigenvalue weighted by Gasteiger charge is 2.24. The van der Waals surface area contributed by atoms with Gasteiger partial charge in [-0.25, -0.2) is 9.78 Å². The first-order valence-corrected chi connectivity index (χ1v) is 9.27. The molecule has 128 valence electrons. The number of nitrogens with one attached hydrogen (secondary N) is 1. The van der Waals surface area contributed by atoms with Crippen molar-refractivity contribution in [3.8, 4) is 0 Å². The third-order valence-corrected chi connectivity index (χ3v) is 5.65. The average Bonchev–Trinajstić information content (AvgIpc) is 3.18. The second-order valence-corrected chi connectivity index (χ2v) is 7.41. The van der Waals surface area contributed by atoms with Crippen molar-refractivity contribution in [2.45, 2.75) is 37.6 Å². The van der Waals surface area contributed by atoms with Gasteiger partial charge in [-0.05, 0) is 39.3 Å². The smallest absolute Gasteiger partial charge is 0.323 e. The number of rotatable bonds is 4. The van der Waals surface area contributed by atoms with E-state index in [9.17, 15) is 4.79 Å². The van der Waals surface area contributed by atoms with Crippen LogP contribution >= 0.6 is 11.3 Å². The van der Waals surface area contributed by atoms with Crippen molar-refractivity contribution < 1.29 is 9.53 Å². The molecule has 0 aromatic carbocycles. The molecule has 2 fully saturated rings. The fraction of sp³-hybridized carbons (Fsp3) is 0.750. The maximum absolute atomic E-state index is 12.3. The minimum Gasteiger partial charge on any atom is -0.381 e. The molecule has 0 spiro atoms. The largest absolute Gasteiger partial charge is 0.381 e. The third-order valence-electron chi connectivity index (χ3n) is 4.88. The summed E-state index contributed by atoms with van der Waals surface area (Å²) >= 11 is 1.51. The number of aromatic nitrogens is 1. The molecule has 0 bridgehead atoms. The molecule has 2 amide bonds. The van der Waals surface area contributed by atoms with E-state index in [1.54, 1.807) is 4.90 Å². The Labute approximate surface area is 141 Å². The number of thiazole rings is 1. The summed E-state index contributed by atoms with van der Waals surface area (Å²) in [6.07, 6.45) is 4.42. The summed E-state index contributed by atoms with van der Waals surface area (Å²) in [4.78, 5) is 21.0. The minimum atomic E-state index is -0.0711. The number of ether oxygens (including phenoxy) is 1. The van der Waals surface area contributed by atoms with Gasteiger partial charge in [0.05, 0.1) is 5.69 Å². The average molecular weight is 338 g/mol. The van der Waals surface area contributed by atoms with Crippen LogP contribution in [0.25, 0.3) is 0 Å². The third kappa shape index (κ3) is 4.22. The van der Waals surface area contributed by atoms with Gasteiger partial charge in [0.15, 0.2) is 5.13 Å². The molecule has 3 heterocycles. The molecular weight excluding hydrogens is 312 g/mol. The normalized spacial score (nSPS) is 23.1. The van der Waals surface area contributed by atoms with E-state index in [0.29, 0.717) is 17.1 Å². The molecule has 1 aromatic heterocycles. The summed E-state index contributed by atoms with van der Waals surface area (Å²) < 4.78 is 5.39. The van der Waals surface area contributed by atoms with Gasteiger partial charge < -0.3 is 14.5 Å². The lowest BCUT2D eigenvalue weighted by Gasteiger charge is -2.25. The highest BCUT2D eigenvalue weighted by molar-refractivity contribution is 7.13. The molecule has 2 saturated heterocycles. The zero-order valence-electron chi connectivity index (χ0n) is 14.0. The molecule has 6 nitrogen and oxygen atoms in total. The summed E-state index contributed by atoms with van der Waals surface area (Å²) in [6, 6.07) is 0.401. The molecule has 3 rings (SSSR count). The van der Waals surface area contributed by atoms with Crippen molar-refractivity contribution in [3.05, 3.63) is 11.1 Å². The number of amides is 2. The molecule has 0 aliphatic carbocycles. The van der Waals surface area contributed by atoms with Gasteiger partial charge in [0.1, 0.15) is 0 Å². The fourth-order valence-corrected chi connectivity index (χ4v) is 4.10. The predicted molar refractivity (Wildman–Crippen MR) is 92.2 cm³/mol. The maximum Gasteiger partial charge on any atom is 0.323 e. The SMILES string of the molecule is CN(CC1CCCN1C)C(=O)Nc1nc(C2CCOCC2)cs1. The van der Waals surface area contributed by atoms with Gasteiger partial charge in [0.25, 0.3) is 0 Å². The topological polar surface area (TPSA) is 57.7 Å². The van der Waals surface area contributed by atoms with Crippen LogP contribution in [0, 0.1) is 0 Å². The van der Waals surface area contributed by atoms with Gasteiger partial charge in [0, 0.05) is 44.1 Å². The number of likely N-dealkylation sites (tertiary alicyclic amines) is 1. The first kappa shape index (κ1) is 16.7. The van der Waals surface area contributed by atoms with Crippen LogP contribution in [0.3, 0.4) is 0 Å². The van der Waals surface area contributed by atoms with E-state index in [1.807, 2.05) is 7.05 Å². The van der Waals surface area contributed by atoms with Crippen LogP contribution in [0.5, 0.6) is 0 Å². The highest BCUT2D eigenvalue weighted by Crippen LogP contribution is 2.29. The Kier molecular flexibility index (Phi) is 5.50. The van der Waals surface area contributed by atoms with Gasteiger partial charge >= 0.3 is 6.03 Å². The first-order valence-electron chi connectivity index (χ1n) is 8.39. The van der Waals surface area contributed by atoms with Gasteiger partial charge in [0.2, 0.25) is 0 Å². The van der Waals surface area contributed by atoms with Crippen LogP contribution in [-0.4, -0.2) is 67.3 Å². The van der Waals surface area contributed by atoms with E-state index in [1.165, 1.54) is 24.2 Å². The van der Waals surface area contributed by atoms with Crippen molar-refractivity contribution >= 4 is 22.5 Å². The molecule has 1 unspecified atom stereocenters. The standard InChI is InChI=1S/C16H26N4O2S/c1-19-7-3-4-13(19)10-20(2)16(21)18-15-17-14(11-23-15)12-5-8-22-9-6-12/h11-13H,3-10H2,1-2H3,(H,17,18,21). The number of carbonyl (C=O) groups excluding carboxylic acids is 1. The number of anilines is 1. The van der Waals surface area contributed by atoms with E-state index in [-0.39, 0.29) is 6.03 Å². The number of nitrogens with zero attached hydrogens (tertiary/aromatic N) is 3. The summed E-state index contributed by atoms with van der Waals surface area (Å²) in [6.45, 7) is 3.50. The molecule has 7 heteroatoms. The van der Waals surface area contributed by atoms with E-state index < -0.39 is 0 Å². The Balaban J connectivity index is 1.52. The zero-order chi connectivity index (χ0) is 16.2. The Morgan fingerprint density at radius 2 is 2.26 bits per heavy atom. The van der Waals surface area contributed by atoms with Crippen molar-refractivity contribution in [3.63, 3.8) is 0 Å². The second-order valence-electron chi connectivity index (χ2n) is 6.55. The van der Waals surface area contributed by atoms with Crippen LogP contribution in [0.15, 0.2) is 5.38 Å². The predicted octanol–water partition coefficient (Wildman–Crippen LogP) is 2.60. The van der Waals surface area contributed by atoms with Crippen molar-refractivity contribution in [1.29, 1.82) is 0 Å². The molecule has 1 aromatic rings. The van der Waals surface area contributed by atoms with E-state index >= 15 is 0 Å². The van der Waals surface area contributed by atoms with Gasteiger partial charge in [-0.1, -0.05) is 0 Å². The number of hydrogen-bond acceptors (Lipinski definition) is 5. The zero-order valence-corrected chi connectivity index (χ0v) is 14.8. The molecule has 0 saturated carbocycles. The summed E-state index contributed by atoms with van der Waals surface area (Å²) in [5.74, 6) is 0.468. The fourth-order valence-electron chi connectivity index (χ4n) is 3.32. The summed E-state index contributed by atoms with van der Waals surface area (Å²) in [5, 5.41) is 5.70. The monoisotopic (exact) mass is 338 g/mol. The Hall–Kier alpha value is -1.18. The van der Waals surface area contributed by atoms with Gasteiger partial charge in [-0.15, -0.1) is 11.3 Å². The minimum absolute atomic E-state index is 0.0711. The number of carbonyl (C=O) groups is 1. The van der Waals surface area contributed by atoms with Crippen LogP contribution < -0.4 is 5.32 Å². The van der Waals surface area contributed by atoms with Crippen LogP contribution in [0.1, 0.15) is 37.3 Å². The van der Waals surface area contributed by atoms with E-state index in [2.05, 4.69) is 27.6 Å². The van der Waals surface area contributed by atoms with Crippen LogP contribution in [-0.2, 0) is 4.74 Å². The van der Waals surface area contributed by atoms with Crippen LogP contribution in [0.4, 0.5) is 9.93 Å². The number of urea groups is 1. The second kappa shape index (κ2) is 7.59. The molecular formula is C16H26N4O2S. The Morgan fingerprint density at radius 1 is 1.48 bits per heavy atom. The van der Waals surface area contributed by atoms with Crippen LogP contribution in [0.2, 0.25) is 0 Å². The Morgan fingerprint density at radius 3 is 2.96 bits per heavy atom. The molecule has 1 atom stereocenters. The molecule has 23 heavy (non-hydrogen) atoms. The maximum atomic E-state index is 12.3. The Bertz CT molecular complexity index is 530. The van der Waals surface area contributed by atoms with Crippen molar-refractivity contribution in [1.82, 2.24) is 14.8 Å². The molecule has 2 aliphatic heterocycles. The van der Waals surface area contributed by atoms with E-state index in [4.69, 9.17) is 4.74 Å². The lowest BCUT2D eigenvalue weighted by atomic mass is 9.98. The van der Waals surface area contributed by atoms with Crippen molar-refractivity contribution in [2.24, 2.45) is 0 Å². The van der Waals surface area contributed by atoms with Gasteiger partial charge in [-0.3, -0.25) is 5.32 Å². The summed E-state index contributed by atoms with van der Waals surface area (Å²) in [5.41, 5.74) is 1.09.